The molecule has 0 bridgehead atoms. The Morgan fingerprint density at radius 2 is 1.88 bits per heavy atom. The van der Waals surface area contributed by atoms with E-state index in [0.29, 0.717) is 0 Å². The number of hydrogen-bond donors (Lipinski definition) is 1. The van der Waals surface area contributed by atoms with E-state index in [0.717, 1.165) is 46.8 Å². The molecule has 6 heteroatoms. The first-order valence-corrected chi connectivity index (χ1v) is 9.43. The minimum Gasteiger partial charge on any atom is -0.491 e. The lowest BCUT2D eigenvalue weighted by Crippen LogP contribution is -2.19. The lowest BCUT2D eigenvalue weighted by atomic mass is 10.1. The van der Waals surface area contributed by atoms with Gasteiger partial charge in [0.05, 0.1) is 17.8 Å². The van der Waals surface area contributed by atoms with Crippen molar-refractivity contribution < 1.29 is 4.74 Å². The van der Waals surface area contributed by atoms with Gasteiger partial charge in [0.1, 0.15) is 11.4 Å². The van der Waals surface area contributed by atoms with Crippen molar-refractivity contribution >= 4 is 16.7 Å². The van der Waals surface area contributed by atoms with Gasteiger partial charge in [0.25, 0.3) is 0 Å². The van der Waals surface area contributed by atoms with Crippen LogP contribution in [0.5, 0.6) is 5.75 Å². The van der Waals surface area contributed by atoms with Crippen molar-refractivity contribution in [1.82, 2.24) is 20.4 Å². The van der Waals surface area contributed by atoms with Gasteiger partial charge in [0, 0.05) is 24.0 Å². The summed E-state index contributed by atoms with van der Waals surface area (Å²) < 4.78 is 5.81. The quantitative estimate of drug-likeness (QED) is 0.751. The van der Waals surface area contributed by atoms with Crippen LogP contribution >= 0.6 is 0 Å². The van der Waals surface area contributed by atoms with Crippen molar-refractivity contribution in [3.63, 3.8) is 0 Å². The second-order valence-corrected chi connectivity index (χ2v) is 6.44. The van der Waals surface area contributed by atoms with Crippen LogP contribution in [0, 0.1) is 0 Å². The second kappa shape index (κ2) is 8.17. The lowest BCUT2D eigenvalue weighted by molar-refractivity contribution is 0.243. The zero-order valence-corrected chi connectivity index (χ0v) is 16.0. The molecule has 3 heterocycles. The van der Waals surface area contributed by atoms with Crippen LogP contribution in [0.1, 0.15) is 40.5 Å². The Hall–Kier alpha value is -2.63. The standard InChI is InChI=1S/C18H21N5O.C2H6/c1-12(2)24-14-5-6-16-15(10-14)18(22-20-16)13-9-17(21-19-11-13)23-7-3-4-8-23;1-2/h5-6,9-12H,3-4,7-8H2,1-2H3,(H,20,22);1-2H3. The van der Waals surface area contributed by atoms with Gasteiger partial charge in [-0.25, -0.2) is 0 Å². The summed E-state index contributed by atoms with van der Waals surface area (Å²) in [6.45, 7) is 10.1. The van der Waals surface area contributed by atoms with Crippen LogP contribution in [0.15, 0.2) is 30.5 Å². The number of anilines is 1. The normalized spacial score (nSPS) is 13.8. The Kier molecular flexibility index (Phi) is 5.71. The molecule has 0 spiro atoms. The van der Waals surface area contributed by atoms with Gasteiger partial charge >= 0.3 is 0 Å². The number of H-pyrrole nitrogens is 1. The average molecular weight is 353 g/mol. The van der Waals surface area contributed by atoms with Crippen molar-refractivity contribution in [3.05, 3.63) is 30.5 Å². The minimum absolute atomic E-state index is 0.141. The Labute approximate surface area is 154 Å². The molecule has 0 atom stereocenters. The molecule has 1 aliphatic heterocycles. The summed E-state index contributed by atoms with van der Waals surface area (Å²) in [5, 5.41) is 17.1. The molecule has 2 aromatic heterocycles. The van der Waals surface area contributed by atoms with Gasteiger partial charge in [-0.3, -0.25) is 5.10 Å². The van der Waals surface area contributed by atoms with Gasteiger partial charge in [0.15, 0.2) is 5.82 Å². The molecular formula is C20H27N5O. The maximum Gasteiger partial charge on any atom is 0.151 e. The average Bonchev–Trinajstić information content (AvgIpc) is 3.33. The number of aromatic nitrogens is 4. The molecule has 6 nitrogen and oxygen atoms in total. The van der Waals surface area contributed by atoms with Crippen LogP contribution < -0.4 is 9.64 Å². The highest BCUT2D eigenvalue weighted by Gasteiger charge is 2.16. The Morgan fingerprint density at radius 1 is 1.12 bits per heavy atom. The van der Waals surface area contributed by atoms with Crippen molar-refractivity contribution in [2.75, 3.05) is 18.0 Å². The van der Waals surface area contributed by atoms with Crippen molar-refractivity contribution in [2.45, 2.75) is 46.6 Å². The monoisotopic (exact) mass is 353 g/mol. The third-order valence-electron chi connectivity index (χ3n) is 4.25. The largest absolute Gasteiger partial charge is 0.491 e. The van der Waals surface area contributed by atoms with E-state index in [1.54, 1.807) is 6.20 Å². The van der Waals surface area contributed by atoms with Crippen LogP contribution in [0.4, 0.5) is 5.82 Å². The van der Waals surface area contributed by atoms with Gasteiger partial charge < -0.3 is 9.64 Å². The maximum atomic E-state index is 5.81. The molecular weight excluding hydrogens is 326 g/mol. The molecule has 0 aliphatic carbocycles. The first kappa shape index (κ1) is 18.2. The van der Waals surface area contributed by atoms with Crippen LogP contribution in [0.25, 0.3) is 22.2 Å². The van der Waals surface area contributed by atoms with Crippen LogP contribution in [-0.4, -0.2) is 39.6 Å². The summed E-state index contributed by atoms with van der Waals surface area (Å²) in [4.78, 5) is 2.28. The maximum absolute atomic E-state index is 5.81. The fourth-order valence-corrected chi connectivity index (χ4v) is 3.14. The molecule has 0 unspecified atom stereocenters. The second-order valence-electron chi connectivity index (χ2n) is 6.44. The number of hydrogen-bond acceptors (Lipinski definition) is 5. The van der Waals surface area contributed by atoms with E-state index in [4.69, 9.17) is 4.74 Å². The number of benzene rings is 1. The van der Waals surface area contributed by atoms with E-state index in [1.165, 1.54) is 12.8 Å². The SMILES string of the molecule is CC.CC(C)Oc1ccc2[nH]nc(-c3cnnc(N4CCCC4)c3)c2c1. The predicted molar refractivity (Wildman–Crippen MR) is 106 cm³/mol. The fourth-order valence-electron chi connectivity index (χ4n) is 3.14. The zero-order chi connectivity index (χ0) is 18.5. The molecule has 3 aromatic rings. The highest BCUT2D eigenvalue weighted by Crippen LogP contribution is 2.31. The third kappa shape index (κ3) is 3.79. The number of nitrogens with zero attached hydrogens (tertiary/aromatic N) is 4. The molecule has 1 N–H and O–H groups in total. The Morgan fingerprint density at radius 3 is 2.62 bits per heavy atom. The molecule has 4 rings (SSSR count). The third-order valence-corrected chi connectivity index (χ3v) is 4.25. The van der Waals surface area contributed by atoms with Crippen molar-refractivity contribution in [1.29, 1.82) is 0 Å². The number of nitrogens with one attached hydrogen (secondary N) is 1. The lowest BCUT2D eigenvalue weighted by Gasteiger charge is -2.15. The Balaban J connectivity index is 0.000000948. The van der Waals surface area contributed by atoms with Crippen LogP contribution in [-0.2, 0) is 0 Å². The molecule has 0 saturated carbocycles. The van der Waals surface area contributed by atoms with Gasteiger partial charge in [-0.05, 0) is 51.0 Å². The highest BCUT2D eigenvalue weighted by atomic mass is 16.5. The Bertz CT molecular complexity index is 852. The van der Waals surface area contributed by atoms with E-state index >= 15 is 0 Å². The van der Waals surface area contributed by atoms with E-state index < -0.39 is 0 Å². The van der Waals surface area contributed by atoms with Gasteiger partial charge in [-0.1, -0.05) is 13.8 Å². The summed E-state index contributed by atoms with van der Waals surface area (Å²) in [6, 6.07) is 8.07. The molecule has 1 aliphatic rings. The first-order chi connectivity index (χ1) is 12.7. The molecule has 1 aromatic carbocycles. The smallest absolute Gasteiger partial charge is 0.151 e. The van der Waals surface area contributed by atoms with Gasteiger partial charge in [-0.2, -0.15) is 10.2 Å². The molecule has 0 radical (unpaired) electrons. The summed E-state index contributed by atoms with van der Waals surface area (Å²) in [5.41, 5.74) is 2.84. The number of fused-ring (bicyclic) bond motifs is 1. The van der Waals surface area contributed by atoms with Crippen molar-refractivity contribution in [2.24, 2.45) is 0 Å². The van der Waals surface area contributed by atoms with Gasteiger partial charge in [-0.15, -0.1) is 5.10 Å². The molecule has 1 saturated heterocycles. The topological polar surface area (TPSA) is 66.9 Å². The molecule has 1 fully saturated rings. The van der Waals surface area contributed by atoms with Crippen molar-refractivity contribution in [3.8, 4) is 17.0 Å². The molecule has 138 valence electrons. The number of rotatable bonds is 4. The van der Waals surface area contributed by atoms with E-state index in [2.05, 4.69) is 31.4 Å². The van der Waals surface area contributed by atoms with E-state index in [-0.39, 0.29) is 6.10 Å². The predicted octanol–water partition coefficient (Wildman–Crippen LogP) is 4.43. The highest BCUT2D eigenvalue weighted by molar-refractivity contribution is 5.93. The van der Waals surface area contributed by atoms with Crippen LogP contribution in [0.2, 0.25) is 0 Å². The number of aromatic amines is 1. The van der Waals surface area contributed by atoms with Crippen LogP contribution in [0.3, 0.4) is 0 Å². The van der Waals surface area contributed by atoms with Gasteiger partial charge in [0.2, 0.25) is 0 Å². The summed E-state index contributed by atoms with van der Waals surface area (Å²) in [5.74, 6) is 1.78. The summed E-state index contributed by atoms with van der Waals surface area (Å²) in [6.07, 6.45) is 4.34. The van der Waals surface area contributed by atoms with E-state index in [1.807, 2.05) is 45.9 Å². The fraction of sp³-hybridized carbons (Fsp3) is 0.450. The minimum atomic E-state index is 0.141. The molecule has 26 heavy (non-hydrogen) atoms. The summed E-state index contributed by atoms with van der Waals surface area (Å²) >= 11 is 0. The number of ether oxygens (including phenoxy) is 1. The first-order valence-electron chi connectivity index (χ1n) is 9.43. The molecule has 0 amide bonds. The van der Waals surface area contributed by atoms with E-state index in [9.17, 15) is 0 Å². The zero-order valence-electron chi connectivity index (χ0n) is 16.0. The summed E-state index contributed by atoms with van der Waals surface area (Å²) in [7, 11) is 0.